The van der Waals surface area contributed by atoms with Crippen molar-refractivity contribution >= 4 is 39.8 Å². The maximum atomic E-state index is 12.8. The first-order valence-electron chi connectivity index (χ1n) is 8.07. The summed E-state index contributed by atoms with van der Waals surface area (Å²) in [6.07, 6.45) is 2.23. The lowest BCUT2D eigenvalue weighted by atomic mass is 10.1. The van der Waals surface area contributed by atoms with Crippen molar-refractivity contribution < 1.29 is 22.7 Å². The molecular weight excluding hydrogens is 386 g/mol. The molecule has 0 spiro atoms. The summed E-state index contributed by atoms with van der Waals surface area (Å²) >= 11 is 1.39. The molecule has 0 saturated carbocycles. The molecule has 1 heterocycles. The number of fused-ring (bicyclic) bond motifs is 1. The van der Waals surface area contributed by atoms with Gasteiger partial charge in [-0.15, -0.1) is 11.8 Å². The number of rotatable bonds is 6. The molecule has 0 amide bonds. The van der Waals surface area contributed by atoms with E-state index in [0.717, 1.165) is 16.0 Å². The molecular formula is C19H19NO5S2. The van der Waals surface area contributed by atoms with Crippen molar-refractivity contribution in [2.24, 2.45) is 0 Å². The Bertz CT molecular complexity index is 1030. The van der Waals surface area contributed by atoms with Gasteiger partial charge in [-0.3, -0.25) is 9.52 Å². The van der Waals surface area contributed by atoms with Gasteiger partial charge in [0.2, 0.25) is 0 Å². The van der Waals surface area contributed by atoms with Crippen molar-refractivity contribution in [2.45, 2.75) is 11.8 Å². The monoisotopic (exact) mass is 405 g/mol. The fraction of sp³-hybridized carbons (Fsp3) is 0.211. The number of sulfonamides is 1. The molecule has 1 N–H and O–H groups in total. The number of ether oxygens (including phenoxy) is 2. The van der Waals surface area contributed by atoms with Gasteiger partial charge in [-0.1, -0.05) is 12.1 Å². The second kappa shape index (κ2) is 7.66. The lowest BCUT2D eigenvalue weighted by Gasteiger charge is -2.22. The average molecular weight is 405 g/mol. The summed E-state index contributed by atoms with van der Waals surface area (Å²) in [5.74, 6) is 1.56. The van der Waals surface area contributed by atoms with Crippen molar-refractivity contribution in [1.29, 1.82) is 0 Å². The van der Waals surface area contributed by atoms with E-state index >= 15 is 0 Å². The molecule has 0 unspecified atom stereocenters. The van der Waals surface area contributed by atoms with Crippen molar-refractivity contribution in [2.75, 3.05) is 24.7 Å². The molecule has 1 aliphatic heterocycles. The minimum absolute atomic E-state index is 0.216. The number of carbonyl (C=O) groups excluding carboxylic acids is 1. The topological polar surface area (TPSA) is 81.7 Å². The average Bonchev–Trinajstić information content (AvgIpc) is 2.67. The number of aldehydes is 1. The van der Waals surface area contributed by atoms with Crippen LogP contribution in [0.15, 0.2) is 40.1 Å². The van der Waals surface area contributed by atoms with Crippen molar-refractivity contribution in [1.82, 2.24) is 0 Å². The molecule has 6 nitrogen and oxygen atoms in total. The maximum Gasteiger partial charge on any atom is 0.258 e. The molecule has 0 radical (unpaired) electrons. The van der Waals surface area contributed by atoms with Crippen LogP contribution in [-0.2, 0) is 10.0 Å². The Morgan fingerprint density at radius 2 is 1.93 bits per heavy atom. The van der Waals surface area contributed by atoms with Crippen LogP contribution >= 0.6 is 11.8 Å². The molecule has 3 rings (SSSR count). The Balaban J connectivity index is 2.03. The predicted molar refractivity (Wildman–Crippen MR) is 107 cm³/mol. The Morgan fingerprint density at radius 3 is 2.59 bits per heavy atom. The Labute approximate surface area is 162 Å². The number of para-hydroxylation sites is 1. The van der Waals surface area contributed by atoms with E-state index < -0.39 is 10.0 Å². The largest absolute Gasteiger partial charge is 0.496 e. The lowest BCUT2D eigenvalue weighted by molar-refractivity contribution is 0.112. The van der Waals surface area contributed by atoms with E-state index in [0.29, 0.717) is 17.8 Å². The minimum Gasteiger partial charge on any atom is -0.496 e. The summed E-state index contributed by atoms with van der Waals surface area (Å²) in [6.45, 7) is 1.90. The second-order valence-electron chi connectivity index (χ2n) is 5.87. The van der Waals surface area contributed by atoms with E-state index in [1.165, 1.54) is 11.8 Å². The van der Waals surface area contributed by atoms with Crippen LogP contribution in [0.4, 0.5) is 5.69 Å². The number of nitrogens with one attached hydrogen (secondary N) is 1. The standard InChI is InChI=1S/C19H19NO5S2/c1-12-17(24-2)9-14-8-15(11-26-19(14)18(12)25-3)27(22,23)20-16-7-5-4-6-13(16)10-21/h4-10,20H,11H2,1-3H3. The molecule has 8 heteroatoms. The lowest BCUT2D eigenvalue weighted by Crippen LogP contribution is -2.18. The number of benzene rings is 2. The zero-order chi connectivity index (χ0) is 19.6. The predicted octanol–water partition coefficient (Wildman–Crippen LogP) is 3.71. The zero-order valence-corrected chi connectivity index (χ0v) is 16.7. The van der Waals surface area contributed by atoms with E-state index in [-0.39, 0.29) is 21.9 Å². The normalized spacial score (nSPS) is 13.4. The van der Waals surface area contributed by atoms with Crippen LogP contribution in [0.1, 0.15) is 21.5 Å². The highest BCUT2D eigenvalue weighted by molar-refractivity contribution is 8.02. The molecule has 0 fully saturated rings. The summed E-state index contributed by atoms with van der Waals surface area (Å²) in [5, 5.41) is 0. The van der Waals surface area contributed by atoms with Crippen LogP contribution in [0.25, 0.3) is 6.08 Å². The Hall–Kier alpha value is -2.45. The first-order valence-corrected chi connectivity index (χ1v) is 10.5. The first kappa shape index (κ1) is 19.3. The summed E-state index contributed by atoms with van der Waals surface area (Å²) in [6, 6.07) is 8.26. The highest BCUT2D eigenvalue weighted by atomic mass is 32.2. The molecule has 142 valence electrons. The Morgan fingerprint density at radius 1 is 1.19 bits per heavy atom. The van der Waals surface area contributed by atoms with E-state index in [9.17, 15) is 13.2 Å². The zero-order valence-electron chi connectivity index (χ0n) is 15.1. The SMILES string of the molecule is COc1cc2c(c(OC)c1C)SCC(S(=O)(=O)Nc1ccccc1C=O)=C2. The summed E-state index contributed by atoms with van der Waals surface area (Å²) < 4.78 is 39.1. The third-order valence-corrected chi connectivity index (χ3v) is 7.03. The van der Waals surface area contributed by atoms with Gasteiger partial charge in [-0.25, -0.2) is 8.42 Å². The van der Waals surface area contributed by atoms with Gasteiger partial charge in [0.05, 0.1) is 29.7 Å². The number of carbonyl (C=O) groups is 1. The van der Waals surface area contributed by atoms with Crippen LogP contribution in [0, 0.1) is 6.92 Å². The number of methoxy groups -OCH3 is 2. The first-order chi connectivity index (χ1) is 12.9. The summed E-state index contributed by atoms with van der Waals surface area (Å²) in [4.78, 5) is 12.2. The van der Waals surface area contributed by atoms with Crippen molar-refractivity contribution in [3.05, 3.63) is 51.9 Å². The van der Waals surface area contributed by atoms with E-state index in [4.69, 9.17) is 9.47 Å². The fourth-order valence-electron chi connectivity index (χ4n) is 2.86. The molecule has 0 aliphatic carbocycles. The third-order valence-electron chi connectivity index (χ3n) is 4.24. The van der Waals surface area contributed by atoms with E-state index in [1.54, 1.807) is 50.6 Å². The van der Waals surface area contributed by atoms with Gasteiger partial charge >= 0.3 is 0 Å². The quantitative estimate of drug-likeness (QED) is 0.738. The third kappa shape index (κ3) is 3.68. The van der Waals surface area contributed by atoms with Crippen molar-refractivity contribution in [3.63, 3.8) is 0 Å². The number of hydrogen-bond acceptors (Lipinski definition) is 6. The summed E-state index contributed by atoms with van der Waals surface area (Å²) in [7, 11) is -0.672. The van der Waals surface area contributed by atoms with Crippen LogP contribution in [0.5, 0.6) is 11.5 Å². The van der Waals surface area contributed by atoms with E-state index in [1.807, 2.05) is 6.92 Å². The molecule has 0 saturated heterocycles. The molecule has 0 bridgehead atoms. The smallest absolute Gasteiger partial charge is 0.258 e. The minimum atomic E-state index is -3.81. The van der Waals surface area contributed by atoms with Gasteiger partial charge in [0.15, 0.2) is 6.29 Å². The van der Waals surface area contributed by atoms with E-state index in [2.05, 4.69) is 4.72 Å². The number of anilines is 1. The van der Waals surface area contributed by atoms with Crippen LogP contribution in [-0.4, -0.2) is 34.7 Å². The van der Waals surface area contributed by atoms with Gasteiger partial charge in [0, 0.05) is 16.9 Å². The van der Waals surface area contributed by atoms with Gasteiger partial charge in [-0.2, -0.15) is 0 Å². The molecule has 0 aromatic heterocycles. The van der Waals surface area contributed by atoms with Crippen LogP contribution in [0.3, 0.4) is 0 Å². The van der Waals surface area contributed by atoms with Crippen LogP contribution in [0.2, 0.25) is 0 Å². The van der Waals surface area contributed by atoms with Gasteiger partial charge in [0.25, 0.3) is 10.0 Å². The van der Waals surface area contributed by atoms with Crippen LogP contribution < -0.4 is 14.2 Å². The van der Waals surface area contributed by atoms with Gasteiger partial charge in [-0.05, 0) is 36.8 Å². The fourth-order valence-corrected chi connectivity index (χ4v) is 5.57. The molecule has 2 aromatic carbocycles. The second-order valence-corrected chi connectivity index (χ2v) is 8.59. The number of thioether (sulfide) groups is 1. The molecule has 2 aromatic rings. The highest BCUT2D eigenvalue weighted by Gasteiger charge is 2.26. The maximum absolute atomic E-state index is 12.8. The molecule has 0 atom stereocenters. The van der Waals surface area contributed by atoms with Crippen molar-refractivity contribution in [3.8, 4) is 11.5 Å². The summed E-state index contributed by atoms with van der Waals surface area (Å²) in [5.41, 5.74) is 2.12. The van der Waals surface area contributed by atoms with Gasteiger partial charge < -0.3 is 9.47 Å². The van der Waals surface area contributed by atoms with Gasteiger partial charge in [0.1, 0.15) is 11.5 Å². The molecule has 1 aliphatic rings. The Kier molecular flexibility index (Phi) is 5.48. The highest BCUT2D eigenvalue weighted by Crippen LogP contribution is 2.45. The molecule has 27 heavy (non-hydrogen) atoms. The number of hydrogen-bond donors (Lipinski definition) is 1.